The van der Waals surface area contributed by atoms with Gasteiger partial charge >= 0.3 is 0 Å². The number of rotatable bonds is 3. The minimum Gasteiger partial charge on any atom is -0.299 e. The third-order valence-corrected chi connectivity index (χ3v) is 4.13. The van der Waals surface area contributed by atoms with Crippen LogP contribution in [0.4, 0.5) is 17.1 Å². The minimum absolute atomic E-state index is 0.0855. The van der Waals surface area contributed by atoms with Crippen molar-refractivity contribution in [2.45, 2.75) is 13.8 Å². The number of fused-ring (bicyclic) bond motifs is 1. The molecule has 25 heavy (non-hydrogen) atoms. The zero-order valence-corrected chi connectivity index (χ0v) is 14.0. The van der Waals surface area contributed by atoms with Gasteiger partial charge in [0.15, 0.2) is 0 Å². The molecule has 0 aliphatic carbocycles. The number of nitrogens with zero attached hydrogens (tertiary/aromatic N) is 3. The number of allylic oxidation sites excluding steroid dienone is 1. The largest absolute Gasteiger partial charge is 0.299 e. The predicted octanol–water partition coefficient (Wildman–Crippen LogP) is 4.37. The van der Waals surface area contributed by atoms with E-state index in [1.54, 1.807) is 30.0 Å². The number of benzene rings is 2. The van der Waals surface area contributed by atoms with Crippen LogP contribution in [0.3, 0.4) is 0 Å². The van der Waals surface area contributed by atoms with Crippen LogP contribution in [0, 0.1) is 17.0 Å². The van der Waals surface area contributed by atoms with Gasteiger partial charge in [0.1, 0.15) is 5.82 Å². The van der Waals surface area contributed by atoms with E-state index in [4.69, 9.17) is 0 Å². The molecule has 2 aromatic carbocycles. The Morgan fingerprint density at radius 3 is 2.40 bits per heavy atom. The second kappa shape index (κ2) is 5.90. The fourth-order valence-electron chi connectivity index (χ4n) is 2.96. The topological polar surface area (TPSA) is 66.7 Å². The van der Waals surface area contributed by atoms with Crippen molar-refractivity contribution in [3.8, 4) is 0 Å². The maximum absolute atomic E-state index is 13.1. The smallest absolute Gasteiger partial charge is 0.271 e. The van der Waals surface area contributed by atoms with Crippen molar-refractivity contribution >= 4 is 23.0 Å². The molecule has 0 bridgehead atoms. The lowest BCUT2D eigenvalue weighted by molar-refractivity contribution is -0.384. The summed E-state index contributed by atoms with van der Waals surface area (Å²) in [4.78, 5) is 26.9. The molecule has 2 aromatic rings. The van der Waals surface area contributed by atoms with Gasteiger partial charge in [-0.2, -0.15) is 0 Å². The second-order valence-electron chi connectivity index (χ2n) is 5.87. The van der Waals surface area contributed by atoms with Crippen LogP contribution in [0.5, 0.6) is 0 Å². The third kappa shape index (κ3) is 2.57. The highest BCUT2D eigenvalue weighted by Gasteiger charge is 2.36. The first kappa shape index (κ1) is 16.4. The van der Waals surface area contributed by atoms with Crippen molar-refractivity contribution in [3.05, 3.63) is 88.4 Å². The van der Waals surface area contributed by atoms with Crippen LogP contribution in [0.25, 0.3) is 0 Å². The second-order valence-corrected chi connectivity index (χ2v) is 5.87. The lowest BCUT2D eigenvalue weighted by Crippen LogP contribution is -2.32. The van der Waals surface area contributed by atoms with E-state index in [0.29, 0.717) is 28.5 Å². The van der Waals surface area contributed by atoms with E-state index < -0.39 is 4.92 Å². The summed E-state index contributed by atoms with van der Waals surface area (Å²) < 4.78 is 0. The summed E-state index contributed by atoms with van der Waals surface area (Å²) in [5.74, 6) is 0.116. The number of aryl methyl sites for hydroxylation is 1. The summed E-state index contributed by atoms with van der Waals surface area (Å²) in [6.45, 7) is 11.6. The lowest BCUT2D eigenvalue weighted by Gasteiger charge is -2.23. The number of non-ortho nitro benzene ring substituents is 1. The summed E-state index contributed by atoms with van der Waals surface area (Å²) in [5, 5.41) is 11.1. The van der Waals surface area contributed by atoms with Gasteiger partial charge in [0.05, 0.1) is 16.3 Å². The minimum atomic E-state index is -0.483. The Kier molecular flexibility index (Phi) is 3.88. The molecule has 1 heterocycles. The first-order chi connectivity index (χ1) is 11.8. The van der Waals surface area contributed by atoms with Crippen LogP contribution >= 0.6 is 0 Å². The molecule has 1 aliphatic heterocycles. The van der Waals surface area contributed by atoms with Crippen LogP contribution in [-0.4, -0.2) is 10.8 Å². The van der Waals surface area contributed by atoms with E-state index in [-0.39, 0.29) is 11.6 Å². The molecule has 0 saturated heterocycles. The van der Waals surface area contributed by atoms with Crippen LogP contribution in [-0.2, 0) is 0 Å². The van der Waals surface area contributed by atoms with Crippen LogP contribution in [0.1, 0.15) is 22.8 Å². The Morgan fingerprint density at radius 2 is 1.80 bits per heavy atom. The van der Waals surface area contributed by atoms with Gasteiger partial charge in [-0.1, -0.05) is 31.4 Å². The number of anilines is 2. The number of carbonyl (C=O) groups is 1. The molecule has 126 valence electrons. The molecule has 0 radical (unpaired) electrons. The highest BCUT2D eigenvalue weighted by atomic mass is 16.6. The van der Waals surface area contributed by atoms with E-state index in [2.05, 4.69) is 13.2 Å². The molecule has 6 heteroatoms. The van der Waals surface area contributed by atoms with Gasteiger partial charge in [-0.25, -0.2) is 0 Å². The zero-order chi connectivity index (χ0) is 18.3. The van der Waals surface area contributed by atoms with Gasteiger partial charge in [0.2, 0.25) is 0 Å². The summed E-state index contributed by atoms with van der Waals surface area (Å²) in [6.07, 6.45) is 0. The number of amides is 1. The van der Waals surface area contributed by atoms with Crippen molar-refractivity contribution in [1.29, 1.82) is 0 Å². The van der Waals surface area contributed by atoms with Crippen molar-refractivity contribution in [2.75, 3.05) is 9.80 Å². The molecule has 6 nitrogen and oxygen atoms in total. The highest BCUT2D eigenvalue weighted by Crippen LogP contribution is 2.45. The molecular formula is C19H17N3O3. The molecule has 0 aromatic heterocycles. The first-order valence-corrected chi connectivity index (χ1v) is 7.66. The third-order valence-electron chi connectivity index (χ3n) is 4.13. The number of nitro benzene ring substituents is 1. The molecule has 0 saturated carbocycles. The Labute approximate surface area is 145 Å². The van der Waals surface area contributed by atoms with E-state index in [0.717, 1.165) is 5.56 Å². The van der Waals surface area contributed by atoms with Gasteiger partial charge in [-0.05, 0) is 31.5 Å². The molecule has 0 spiro atoms. The molecule has 0 N–H and O–H groups in total. The standard InChI is InChI=1S/C19H17N3O3/c1-12(2)20-14(4)21(19(23)16-8-6-5-7-13(16)3)18-11-15(22(24)25)9-10-17(18)20/h5-11H,1,4H2,2-3H3. The van der Waals surface area contributed by atoms with Crippen molar-refractivity contribution in [3.63, 3.8) is 0 Å². The number of nitro groups is 1. The van der Waals surface area contributed by atoms with Crippen molar-refractivity contribution in [1.82, 2.24) is 0 Å². The number of carbonyl (C=O) groups excluding carboxylic acids is 1. The fraction of sp³-hybridized carbons (Fsp3) is 0.105. The molecule has 3 rings (SSSR count). The van der Waals surface area contributed by atoms with Crippen molar-refractivity contribution in [2.24, 2.45) is 0 Å². The monoisotopic (exact) mass is 335 g/mol. The summed E-state index contributed by atoms with van der Waals surface area (Å²) in [6, 6.07) is 11.6. The maximum atomic E-state index is 13.1. The number of hydrogen-bond donors (Lipinski definition) is 0. The van der Waals surface area contributed by atoms with E-state index in [1.165, 1.54) is 17.0 Å². The highest BCUT2D eigenvalue weighted by molar-refractivity contribution is 6.13. The normalized spacial score (nSPS) is 13.0. The Hall–Kier alpha value is -3.41. The predicted molar refractivity (Wildman–Crippen MR) is 97.5 cm³/mol. The van der Waals surface area contributed by atoms with Gasteiger partial charge in [0.25, 0.3) is 11.6 Å². The molecule has 1 amide bonds. The van der Waals surface area contributed by atoms with Crippen molar-refractivity contribution < 1.29 is 9.72 Å². The maximum Gasteiger partial charge on any atom is 0.271 e. The molecule has 0 unspecified atom stereocenters. The van der Waals surface area contributed by atoms with Gasteiger partial charge < -0.3 is 0 Å². The quantitative estimate of drug-likeness (QED) is 0.617. The molecular weight excluding hydrogens is 318 g/mol. The Balaban J connectivity index is 2.18. The first-order valence-electron chi connectivity index (χ1n) is 7.66. The lowest BCUT2D eigenvalue weighted by atomic mass is 10.1. The fourth-order valence-corrected chi connectivity index (χ4v) is 2.96. The zero-order valence-electron chi connectivity index (χ0n) is 14.0. The van der Waals surface area contributed by atoms with E-state index in [1.807, 2.05) is 19.1 Å². The van der Waals surface area contributed by atoms with E-state index >= 15 is 0 Å². The van der Waals surface area contributed by atoms with Gasteiger partial charge in [-0.15, -0.1) is 0 Å². The van der Waals surface area contributed by atoms with E-state index in [9.17, 15) is 14.9 Å². The average Bonchev–Trinajstić information content (AvgIpc) is 2.85. The van der Waals surface area contributed by atoms with Crippen LogP contribution in [0.15, 0.2) is 67.1 Å². The summed E-state index contributed by atoms with van der Waals surface area (Å²) in [7, 11) is 0. The average molecular weight is 335 g/mol. The number of hydrogen-bond acceptors (Lipinski definition) is 4. The molecule has 0 atom stereocenters. The Morgan fingerprint density at radius 1 is 1.12 bits per heavy atom. The van der Waals surface area contributed by atoms with Gasteiger partial charge in [0, 0.05) is 23.4 Å². The van der Waals surface area contributed by atoms with Gasteiger partial charge in [-0.3, -0.25) is 24.7 Å². The Bertz CT molecular complexity index is 933. The molecule has 1 aliphatic rings. The van der Waals surface area contributed by atoms with Crippen LogP contribution < -0.4 is 9.80 Å². The van der Waals surface area contributed by atoms with Crippen LogP contribution in [0.2, 0.25) is 0 Å². The molecule has 0 fully saturated rings. The summed E-state index contributed by atoms with van der Waals surface area (Å²) >= 11 is 0. The summed E-state index contributed by atoms with van der Waals surface area (Å²) in [5.41, 5.74) is 2.99. The SMILES string of the molecule is C=C(C)N1C(=C)N(C(=O)c2ccccc2C)c2cc([N+](=O)[O-])ccc21.